The summed E-state index contributed by atoms with van der Waals surface area (Å²) in [5.74, 6) is -5.84. The predicted molar refractivity (Wildman–Crippen MR) is 129 cm³/mol. The minimum atomic E-state index is -1.76. The molecule has 206 valence electrons. The van der Waals surface area contributed by atoms with Crippen LogP contribution in [-0.2, 0) is 36.8 Å². The van der Waals surface area contributed by atoms with Crippen molar-refractivity contribution in [3.8, 4) is 5.75 Å². The van der Waals surface area contributed by atoms with Gasteiger partial charge in [-0.05, 0) is 31.0 Å². The molecule has 0 fully saturated rings. The molecule has 38 heavy (non-hydrogen) atoms. The monoisotopic (exact) mass is 534 g/mol. The van der Waals surface area contributed by atoms with E-state index in [9.17, 15) is 44.4 Å². The average molecular weight is 535 g/mol. The van der Waals surface area contributed by atoms with Gasteiger partial charge < -0.3 is 47.1 Å². The van der Waals surface area contributed by atoms with Crippen LogP contribution in [0.4, 0.5) is 0 Å². The minimum Gasteiger partial charge on any atom is -0.508 e. The molecule has 1 heterocycles. The van der Waals surface area contributed by atoms with Gasteiger partial charge in [0.2, 0.25) is 17.7 Å². The number of phenols is 1. The number of carbonyl (C=O) groups excluding carboxylic acids is 3. The number of rotatable bonds is 14. The largest absolute Gasteiger partial charge is 0.508 e. The summed E-state index contributed by atoms with van der Waals surface area (Å²) in [7, 11) is 0. The van der Waals surface area contributed by atoms with Crippen LogP contribution in [0, 0.1) is 0 Å². The van der Waals surface area contributed by atoms with Crippen LogP contribution in [-0.4, -0.2) is 90.3 Å². The van der Waals surface area contributed by atoms with E-state index in [4.69, 9.17) is 5.73 Å². The van der Waals surface area contributed by atoms with Gasteiger partial charge in [-0.1, -0.05) is 12.1 Å². The maximum absolute atomic E-state index is 13.1. The number of aliphatic carboxylic acids is 2. The summed E-state index contributed by atoms with van der Waals surface area (Å²) < 4.78 is 0. The average Bonchev–Trinajstić information content (AvgIpc) is 3.35. The Balaban J connectivity index is 2.18. The minimum absolute atomic E-state index is 0.0335. The number of amides is 3. The molecule has 3 amide bonds. The maximum Gasteiger partial charge on any atom is 0.328 e. The lowest BCUT2D eigenvalue weighted by Crippen LogP contribution is -2.59. The van der Waals surface area contributed by atoms with Crippen LogP contribution in [0.25, 0.3) is 0 Å². The number of aromatic hydroxyl groups is 1. The lowest BCUT2D eigenvalue weighted by atomic mass is 10.0. The molecule has 0 aliphatic heterocycles. The van der Waals surface area contributed by atoms with E-state index < -0.39 is 66.4 Å². The number of imidazole rings is 1. The van der Waals surface area contributed by atoms with Crippen LogP contribution >= 0.6 is 0 Å². The lowest BCUT2D eigenvalue weighted by Gasteiger charge is -2.25. The Morgan fingerprint density at radius 3 is 2.08 bits per heavy atom. The molecule has 1 aromatic heterocycles. The second-order valence-corrected chi connectivity index (χ2v) is 8.54. The summed E-state index contributed by atoms with van der Waals surface area (Å²) in [6, 6.07) is 0.0837. The Labute approximate surface area is 216 Å². The summed E-state index contributed by atoms with van der Waals surface area (Å²) in [4.78, 5) is 67.8. The first-order valence-electron chi connectivity index (χ1n) is 11.4. The van der Waals surface area contributed by atoms with Crippen LogP contribution in [0.1, 0.15) is 24.6 Å². The van der Waals surface area contributed by atoms with Crippen molar-refractivity contribution in [3.63, 3.8) is 0 Å². The molecular weight excluding hydrogens is 504 g/mol. The number of aliphatic hydroxyl groups excluding tert-OH is 1. The lowest BCUT2D eigenvalue weighted by molar-refractivity contribution is -0.146. The molecule has 0 bridgehead atoms. The SMILES string of the molecule is CC(O)C(NC(=O)C(CC(=O)O)NC(=O)C(Cc1cnc[nH]1)NC(=O)C(N)Cc1ccc(O)cc1)C(=O)O. The summed E-state index contributed by atoms with van der Waals surface area (Å²) in [5.41, 5.74) is 7.06. The van der Waals surface area contributed by atoms with Crippen LogP contribution < -0.4 is 21.7 Å². The molecule has 0 saturated carbocycles. The van der Waals surface area contributed by atoms with Crippen LogP contribution in [0.15, 0.2) is 36.8 Å². The number of aromatic nitrogens is 2. The van der Waals surface area contributed by atoms with Gasteiger partial charge in [0.05, 0.1) is 24.9 Å². The highest BCUT2D eigenvalue weighted by atomic mass is 16.4. The van der Waals surface area contributed by atoms with Gasteiger partial charge in [0.15, 0.2) is 6.04 Å². The predicted octanol–water partition coefficient (Wildman–Crippen LogP) is -2.38. The van der Waals surface area contributed by atoms with Crippen LogP contribution in [0.5, 0.6) is 5.75 Å². The zero-order valence-electron chi connectivity index (χ0n) is 20.3. The van der Waals surface area contributed by atoms with E-state index in [1.807, 2.05) is 5.32 Å². The van der Waals surface area contributed by atoms with Crippen molar-refractivity contribution < 1.29 is 44.4 Å². The van der Waals surface area contributed by atoms with E-state index in [2.05, 4.69) is 20.6 Å². The Bertz CT molecular complexity index is 1120. The number of aliphatic hydroxyl groups is 1. The molecule has 0 radical (unpaired) electrons. The Hall–Kier alpha value is -4.50. The molecule has 0 saturated heterocycles. The molecule has 15 nitrogen and oxygen atoms in total. The first kappa shape index (κ1) is 29.7. The Kier molecular flexibility index (Phi) is 10.7. The molecule has 0 aliphatic rings. The fourth-order valence-electron chi connectivity index (χ4n) is 3.38. The molecule has 0 aliphatic carbocycles. The molecule has 2 aromatic rings. The zero-order chi connectivity index (χ0) is 28.4. The van der Waals surface area contributed by atoms with E-state index in [1.165, 1.54) is 24.7 Å². The topological polar surface area (TPSA) is 257 Å². The number of carboxylic acid groups (broad SMARTS) is 2. The van der Waals surface area contributed by atoms with Crippen LogP contribution in [0.2, 0.25) is 0 Å². The Morgan fingerprint density at radius 1 is 0.947 bits per heavy atom. The third-order valence-corrected chi connectivity index (χ3v) is 5.40. The first-order valence-corrected chi connectivity index (χ1v) is 11.4. The molecule has 2 rings (SSSR count). The second kappa shape index (κ2) is 13.7. The number of hydrogen-bond acceptors (Lipinski definition) is 9. The van der Waals surface area contributed by atoms with Gasteiger partial charge in [-0.3, -0.25) is 19.2 Å². The van der Waals surface area contributed by atoms with E-state index in [-0.39, 0.29) is 18.6 Å². The van der Waals surface area contributed by atoms with Crippen molar-refractivity contribution in [3.05, 3.63) is 48.0 Å². The van der Waals surface area contributed by atoms with E-state index >= 15 is 0 Å². The zero-order valence-corrected chi connectivity index (χ0v) is 20.3. The van der Waals surface area contributed by atoms with Gasteiger partial charge in [-0.25, -0.2) is 9.78 Å². The number of benzene rings is 1. The fourth-order valence-corrected chi connectivity index (χ4v) is 3.38. The number of nitrogens with one attached hydrogen (secondary N) is 4. The van der Waals surface area contributed by atoms with Crippen LogP contribution in [0.3, 0.4) is 0 Å². The maximum atomic E-state index is 13.1. The number of carboxylic acids is 2. The molecule has 0 spiro atoms. The number of hydrogen-bond donors (Lipinski definition) is 9. The molecule has 5 atom stereocenters. The highest BCUT2D eigenvalue weighted by molar-refractivity contribution is 5.95. The highest BCUT2D eigenvalue weighted by Gasteiger charge is 2.33. The van der Waals surface area contributed by atoms with Gasteiger partial charge in [0.1, 0.15) is 17.8 Å². The number of carbonyl (C=O) groups is 5. The number of phenolic OH excluding ortho intramolecular Hbond substituents is 1. The van der Waals surface area contributed by atoms with Gasteiger partial charge in [0.25, 0.3) is 0 Å². The third-order valence-electron chi connectivity index (χ3n) is 5.40. The van der Waals surface area contributed by atoms with Crippen molar-refractivity contribution in [2.75, 3.05) is 0 Å². The molecular formula is C23H30N6O9. The third kappa shape index (κ3) is 9.18. The molecule has 10 N–H and O–H groups in total. The van der Waals surface area contributed by atoms with Crippen molar-refractivity contribution in [1.82, 2.24) is 25.9 Å². The normalized spacial score (nSPS) is 14.8. The number of H-pyrrole nitrogens is 1. The van der Waals surface area contributed by atoms with Gasteiger partial charge in [0, 0.05) is 18.3 Å². The molecule has 5 unspecified atom stereocenters. The summed E-state index contributed by atoms with van der Waals surface area (Å²) in [5, 5.41) is 44.1. The second-order valence-electron chi connectivity index (χ2n) is 8.54. The van der Waals surface area contributed by atoms with Gasteiger partial charge >= 0.3 is 11.9 Å². The van der Waals surface area contributed by atoms with E-state index in [0.29, 0.717) is 11.3 Å². The molecule has 1 aromatic carbocycles. The quantitative estimate of drug-likeness (QED) is 0.124. The Morgan fingerprint density at radius 2 is 1.55 bits per heavy atom. The summed E-state index contributed by atoms with van der Waals surface area (Å²) >= 11 is 0. The van der Waals surface area contributed by atoms with Crippen molar-refractivity contribution in [2.45, 2.75) is 56.5 Å². The fraction of sp³-hybridized carbons (Fsp3) is 0.391. The standard InChI is InChI=1S/C23H30N6O9/c1-11(30)19(23(37)38)29-22(36)17(8-18(32)33)28-21(35)16(7-13-9-25-10-26-13)27-20(34)15(24)6-12-2-4-14(31)5-3-12/h2-5,9-11,15-17,19,30-31H,6-8,24H2,1H3,(H,25,26)(H,27,34)(H,28,35)(H,29,36)(H,32,33)(H,37,38). The summed E-state index contributed by atoms with van der Waals surface area (Å²) in [6.45, 7) is 1.11. The highest BCUT2D eigenvalue weighted by Crippen LogP contribution is 2.11. The smallest absolute Gasteiger partial charge is 0.328 e. The number of aromatic amines is 1. The van der Waals surface area contributed by atoms with Gasteiger partial charge in [-0.2, -0.15) is 0 Å². The van der Waals surface area contributed by atoms with Crippen molar-refractivity contribution >= 4 is 29.7 Å². The van der Waals surface area contributed by atoms with Gasteiger partial charge in [-0.15, -0.1) is 0 Å². The van der Waals surface area contributed by atoms with E-state index in [1.54, 1.807) is 12.1 Å². The van der Waals surface area contributed by atoms with Crippen molar-refractivity contribution in [2.24, 2.45) is 5.73 Å². The number of nitrogens with two attached hydrogens (primary N) is 1. The van der Waals surface area contributed by atoms with Crippen molar-refractivity contribution in [1.29, 1.82) is 0 Å². The first-order chi connectivity index (χ1) is 17.9. The summed E-state index contributed by atoms with van der Waals surface area (Å²) in [6.07, 6.45) is 0.255. The molecule has 15 heteroatoms. The van der Waals surface area contributed by atoms with E-state index in [0.717, 1.165) is 6.92 Å². The number of nitrogens with zero attached hydrogens (tertiary/aromatic N) is 1.